The van der Waals surface area contributed by atoms with Crippen molar-refractivity contribution in [3.8, 4) is 0 Å². The highest BCUT2D eigenvalue weighted by atomic mass is 16.3. The number of rotatable bonds is 3. The zero-order chi connectivity index (χ0) is 16.4. The molecule has 1 aliphatic heterocycles. The predicted molar refractivity (Wildman–Crippen MR) is 90.5 cm³/mol. The standard InChI is InChI=1S/C19H24N2O2/c1-14-4-6-17(7-5-14)13-20-8-10-21(11-9-20)19(22)18-12-15(2)23-16(18)3/h4-7,12H,8-11,13H2,1-3H3. The summed E-state index contributed by atoms with van der Waals surface area (Å²) < 4.78 is 5.48. The molecule has 0 spiro atoms. The average molecular weight is 312 g/mol. The molecule has 4 nitrogen and oxygen atoms in total. The van der Waals surface area contributed by atoms with E-state index in [0.717, 1.165) is 44.2 Å². The summed E-state index contributed by atoms with van der Waals surface area (Å²) in [5.41, 5.74) is 3.32. The molecular formula is C19H24N2O2. The number of amides is 1. The van der Waals surface area contributed by atoms with E-state index in [1.807, 2.05) is 24.8 Å². The van der Waals surface area contributed by atoms with Gasteiger partial charge in [-0.2, -0.15) is 0 Å². The van der Waals surface area contributed by atoms with E-state index in [-0.39, 0.29) is 5.91 Å². The number of hydrogen-bond acceptors (Lipinski definition) is 3. The molecule has 0 saturated carbocycles. The smallest absolute Gasteiger partial charge is 0.257 e. The van der Waals surface area contributed by atoms with Crippen molar-refractivity contribution in [2.24, 2.45) is 0 Å². The number of benzene rings is 1. The van der Waals surface area contributed by atoms with Crippen molar-refractivity contribution in [3.05, 3.63) is 58.5 Å². The van der Waals surface area contributed by atoms with Crippen molar-refractivity contribution in [2.45, 2.75) is 27.3 Å². The highest BCUT2D eigenvalue weighted by molar-refractivity contribution is 5.95. The Morgan fingerprint density at radius 3 is 2.26 bits per heavy atom. The first-order valence-electron chi connectivity index (χ1n) is 8.17. The van der Waals surface area contributed by atoms with Crippen LogP contribution in [0, 0.1) is 20.8 Å². The van der Waals surface area contributed by atoms with Crippen molar-refractivity contribution in [2.75, 3.05) is 26.2 Å². The van der Waals surface area contributed by atoms with Gasteiger partial charge < -0.3 is 9.32 Å². The maximum atomic E-state index is 12.6. The predicted octanol–water partition coefficient (Wildman–Crippen LogP) is 3.16. The number of carbonyl (C=O) groups excluding carboxylic acids is 1. The molecule has 1 amide bonds. The maximum Gasteiger partial charge on any atom is 0.257 e. The molecular weight excluding hydrogens is 288 g/mol. The van der Waals surface area contributed by atoms with Crippen molar-refractivity contribution in [1.82, 2.24) is 9.80 Å². The number of carbonyl (C=O) groups is 1. The molecule has 0 aliphatic carbocycles. The fraction of sp³-hybridized carbons (Fsp3) is 0.421. The third-order valence-electron chi connectivity index (χ3n) is 4.46. The molecule has 0 atom stereocenters. The van der Waals surface area contributed by atoms with Gasteiger partial charge in [0.05, 0.1) is 5.56 Å². The van der Waals surface area contributed by atoms with Crippen molar-refractivity contribution >= 4 is 5.91 Å². The van der Waals surface area contributed by atoms with Gasteiger partial charge in [-0.05, 0) is 32.4 Å². The molecule has 1 aliphatic rings. The Morgan fingerprint density at radius 2 is 1.70 bits per heavy atom. The van der Waals surface area contributed by atoms with Crippen LogP contribution in [0.1, 0.15) is 33.0 Å². The lowest BCUT2D eigenvalue weighted by Gasteiger charge is -2.34. The zero-order valence-corrected chi connectivity index (χ0v) is 14.1. The van der Waals surface area contributed by atoms with Gasteiger partial charge in [-0.15, -0.1) is 0 Å². The Hall–Kier alpha value is -2.07. The lowest BCUT2D eigenvalue weighted by molar-refractivity contribution is 0.0627. The Labute approximate surface area is 137 Å². The van der Waals surface area contributed by atoms with Crippen LogP contribution >= 0.6 is 0 Å². The van der Waals surface area contributed by atoms with Gasteiger partial charge in [-0.25, -0.2) is 0 Å². The van der Waals surface area contributed by atoms with Gasteiger partial charge in [0.2, 0.25) is 0 Å². The molecule has 3 rings (SSSR count). The zero-order valence-electron chi connectivity index (χ0n) is 14.1. The molecule has 23 heavy (non-hydrogen) atoms. The summed E-state index contributed by atoms with van der Waals surface area (Å²) in [5, 5.41) is 0. The number of hydrogen-bond donors (Lipinski definition) is 0. The van der Waals surface area contributed by atoms with Crippen LogP contribution < -0.4 is 0 Å². The molecule has 1 saturated heterocycles. The Morgan fingerprint density at radius 1 is 1.04 bits per heavy atom. The van der Waals surface area contributed by atoms with Gasteiger partial charge in [0.1, 0.15) is 11.5 Å². The van der Waals surface area contributed by atoms with Gasteiger partial charge in [-0.1, -0.05) is 29.8 Å². The summed E-state index contributed by atoms with van der Waals surface area (Å²) in [7, 11) is 0. The average Bonchev–Trinajstić information content (AvgIpc) is 2.88. The molecule has 0 N–H and O–H groups in total. The molecule has 2 heterocycles. The third-order valence-corrected chi connectivity index (χ3v) is 4.46. The van der Waals surface area contributed by atoms with E-state index in [0.29, 0.717) is 5.56 Å². The fourth-order valence-electron chi connectivity index (χ4n) is 3.07. The molecule has 1 fully saturated rings. The van der Waals surface area contributed by atoms with E-state index < -0.39 is 0 Å². The van der Waals surface area contributed by atoms with Crippen LogP contribution in [-0.4, -0.2) is 41.9 Å². The third kappa shape index (κ3) is 3.64. The van der Waals surface area contributed by atoms with Gasteiger partial charge in [0.25, 0.3) is 5.91 Å². The van der Waals surface area contributed by atoms with Crippen LogP contribution in [0.25, 0.3) is 0 Å². The monoisotopic (exact) mass is 312 g/mol. The second kappa shape index (κ2) is 6.59. The van der Waals surface area contributed by atoms with E-state index in [4.69, 9.17) is 4.42 Å². The van der Waals surface area contributed by atoms with Crippen LogP contribution in [0.15, 0.2) is 34.7 Å². The second-order valence-corrected chi connectivity index (χ2v) is 6.38. The molecule has 4 heteroatoms. The van der Waals surface area contributed by atoms with Gasteiger partial charge in [0, 0.05) is 32.7 Å². The molecule has 122 valence electrons. The quantitative estimate of drug-likeness (QED) is 0.873. The summed E-state index contributed by atoms with van der Waals surface area (Å²) in [6.07, 6.45) is 0. The Bertz CT molecular complexity index is 680. The number of nitrogens with zero attached hydrogens (tertiary/aromatic N) is 2. The fourth-order valence-corrected chi connectivity index (χ4v) is 3.07. The number of aryl methyl sites for hydroxylation is 3. The summed E-state index contributed by atoms with van der Waals surface area (Å²) in [5.74, 6) is 1.60. The number of furan rings is 1. The van der Waals surface area contributed by atoms with Crippen LogP contribution in [-0.2, 0) is 6.54 Å². The van der Waals surface area contributed by atoms with Gasteiger partial charge in [0.15, 0.2) is 0 Å². The van der Waals surface area contributed by atoms with Gasteiger partial charge >= 0.3 is 0 Å². The molecule has 0 unspecified atom stereocenters. The summed E-state index contributed by atoms with van der Waals surface area (Å²) in [6, 6.07) is 10.5. The molecule has 1 aromatic carbocycles. The first-order valence-corrected chi connectivity index (χ1v) is 8.17. The Kier molecular flexibility index (Phi) is 4.53. The highest BCUT2D eigenvalue weighted by Crippen LogP contribution is 2.17. The summed E-state index contributed by atoms with van der Waals surface area (Å²) in [6.45, 7) is 10.2. The molecule has 0 radical (unpaired) electrons. The first-order chi connectivity index (χ1) is 11.0. The lowest BCUT2D eigenvalue weighted by Crippen LogP contribution is -2.48. The van der Waals surface area contributed by atoms with Gasteiger partial charge in [-0.3, -0.25) is 9.69 Å². The van der Waals surface area contributed by atoms with Crippen molar-refractivity contribution in [3.63, 3.8) is 0 Å². The summed E-state index contributed by atoms with van der Waals surface area (Å²) in [4.78, 5) is 16.9. The van der Waals surface area contributed by atoms with Crippen molar-refractivity contribution in [1.29, 1.82) is 0 Å². The minimum absolute atomic E-state index is 0.0920. The SMILES string of the molecule is Cc1ccc(CN2CCN(C(=O)c3cc(C)oc3C)CC2)cc1. The number of piperazine rings is 1. The van der Waals surface area contributed by atoms with Crippen LogP contribution in [0.2, 0.25) is 0 Å². The largest absolute Gasteiger partial charge is 0.466 e. The molecule has 1 aromatic heterocycles. The minimum Gasteiger partial charge on any atom is -0.466 e. The minimum atomic E-state index is 0.0920. The summed E-state index contributed by atoms with van der Waals surface area (Å²) >= 11 is 0. The van der Waals surface area contributed by atoms with Crippen molar-refractivity contribution < 1.29 is 9.21 Å². The maximum absolute atomic E-state index is 12.6. The Balaban J connectivity index is 1.57. The van der Waals surface area contributed by atoms with Crippen LogP contribution in [0.4, 0.5) is 0 Å². The molecule has 0 bridgehead atoms. The highest BCUT2D eigenvalue weighted by Gasteiger charge is 2.24. The van der Waals surface area contributed by atoms with E-state index in [1.54, 1.807) is 0 Å². The second-order valence-electron chi connectivity index (χ2n) is 6.38. The first kappa shape index (κ1) is 15.8. The van der Waals surface area contributed by atoms with Crippen LogP contribution in [0.5, 0.6) is 0 Å². The van der Waals surface area contributed by atoms with E-state index in [9.17, 15) is 4.79 Å². The van der Waals surface area contributed by atoms with E-state index in [2.05, 4.69) is 36.1 Å². The van der Waals surface area contributed by atoms with E-state index >= 15 is 0 Å². The topological polar surface area (TPSA) is 36.7 Å². The van der Waals surface area contributed by atoms with Crippen LogP contribution in [0.3, 0.4) is 0 Å². The molecule has 2 aromatic rings. The van der Waals surface area contributed by atoms with E-state index in [1.165, 1.54) is 11.1 Å². The normalized spacial score (nSPS) is 15.9. The lowest BCUT2D eigenvalue weighted by atomic mass is 10.1.